The summed E-state index contributed by atoms with van der Waals surface area (Å²) in [6.07, 6.45) is 2.30. The SMILES string of the molecule is COCC(C)(NC(=O)CCc1ccccn1)C(=O)O. The molecule has 1 unspecified atom stereocenters. The number of methoxy groups -OCH3 is 1. The van der Waals surface area contributed by atoms with Crippen molar-refractivity contribution in [1.82, 2.24) is 10.3 Å². The molecule has 1 heterocycles. The molecule has 0 saturated heterocycles. The average Bonchev–Trinajstić information content (AvgIpc) is 2.37. The van der Waals surface area contributed by atoms with Crippen LogP contribution in [0.2, 0.25) is 0 Å². The largest absolute Gasteiger partial charge is 0.479 e. The summed E-state index contributed by atoms with van der Waals surface area (Å²) in [6, 6.07) is 5.45. The number of aryl methyl sites for hydroxylation is 1. The first-order chi connectivity index (χ1) is 8.98. The van der Waals surface area contributed by atoms with Gasteiger partial charge in [0.05, 0.1) is 6.61 Å². The van der Waals surface area contributed by atoms with Crippen molar-refractivity contribution in [3.05, 3.63) is 30.1 Å². The molecule has 1 rings (SSSR count). The lowest BCUT2D eigenvalue weighted by Gasteiger charge is -2.25. The summed E-state index contributed by atoms with van der Waals surface area (Å²) in [7, 11) is 1.39. The van der Waals surface area contributed by atoms with Crippen LogP contribution >= 0.6 is 0 Å². The maximum atomic E-state index is 11.8. The first-order valence-electron chi connectivity index (χ1n) is 5.91. The van der Waals surface area contributed by atoms with Gasteiger partial charge in [-0.15, -0.1) is 0 Å². The Morgan fingerprint density at radius 2 is 2.21 bits per heavy atom. The standard InChI is InChI=1S/C13H18N2O4/c1-13(9-19-2,12(17)18)15-11(16)7-6-10-5-3-4-8-14-10/h3-5,8H,6-7,9H2,1-2H3,(H,15,16)(H,17,18). The first kappa shape index (κ1) is 15.1. The molecule has 0 radical (unpaired) electrons. The fourth-order valence-electron chi connectivity index (χ4n) is 1.60. The molecule has 6 heteroatoms. The van der Waals surface area contributed by atoms with Crippen LogP contribution in [0.3, 0.4) is 0 Å². The molecule has 0 spiro atoms. The number of carbonyl (C=O) groups excluding carboxylic acids is 1. The number of amides is 1. The number of carbonyl (C=O) groups is 2. The van der Waals surface area contributed by atoms with Crippen LogP contribution < -0.4 is 5.32 Å². The number of aliphatic carboxylic acids is 1. The molecule has 2 N–H and O–H groups in total. The Labute approximate surface area is 111 Å². The predicted octanol–water partition coefficient (Wildman–Crippen LogP) is 0.620. The van der Waals surface area contributed by atoms with Crippen LogP contribution in [-0.2, 0) is 20.7 Å². The van der Waals surface area contributed by atoms with Crippen LogP contribution in [0.5, 0.6) is 0 Å². The third-order valence-electron chi connectivity index (χ3n) is 2.65. The van der Waals surface area contributed by atoms with Gasteiger partial charge in [-0.25, -0.2) is 4.79 Å². The van der Waals surface area contributed by atoms with Crippen molar-refractivity contribution in [3.8, 4) is 0 Å². The van der Waals surface area contributed by atoms with Gasteiger partial charge < -0.3 is 15.2 Å². The van der Waals surface area contributed by atoms with Gasteiger partial charge in [0.1, 0.15) is 0 Å². The van der Waals surface area contributed by atoms with E-state index < -0.39 is 11.5 Å². The Morgan fingerprint density at radius 1 is 1.47 bits per heavy atom. The van der Waals surface area contributed by atoms with E-state index in [-0.39, 0.29) is 18.9 Å². The summed E-state index contributed by atoms with van der Waals surface area (Å²) in [5, 5.41) is 11.6. The number of nitrogens with one attached hydrogen (secondary N) is 1. The summed E-state index contributed by atoms with van der Waals surface area (Å²) in [4.78, 5) is 27.0. The lowest BCUT2D eigenvalue weighted by Crippen LogP contribution is -2.55. The van der Waals surface area contributed by atoms with Gasteiger partial charge >= 0.3 is 5.97 Å². The second-order valence-corrected chi connectivity index (χ2v) is 4.44. The van der Waals surface area contributed by atoms with Crippen LogP contribution in [-0.4, -0.2) is 41.2 Å². The van der Waals surface area contributed by atoms with Crippen molar-refractivity contribution >= 4 is 11.9 Å². The Hall–Kier alpha value is -1.95. The van der Waals surface area contributed by atoms with Crippen LogP contribution in [0, 0.1) is 0 Å². The van der Waals surface area contributed by atoms with E-state index in [0.717, 1.165) is 5.69 Å². The minimum absolute atomic E-state index is 0.0857. The Morgan fingerprint density at radius 3 is 2.74 bits per heavy atom. The molecule has 1 amide bonds. The Kier molecular flexibility index (Phi) is 5.44. The highest BCUT2D eigenvalue weighted by molar-refractivity contribution is 5.86. The van der Waals surface area contributed by atoms with E-state index >= 15 is 0 Å². The number of ether oxygens (including phenoxy) is 1. The molecule has 0 saturated carbocycles. The van der Waals surface area contributed by atoms with Gasteiger partial charge in [0.25, 0.3) is 0 Å². The molecule has 1 atom stereocenters. The zero-order valence-electron chi connectivity index (χ0n) is 11.0. The number of nitrogens with zero attached hydrogens (tertiary/aromatic N) is 1. The van der Waals surface area contributed by atoms with E-state index in [2.05, 4.69) is 10.3 Å². The van der Waals surface area contributed by atoms with Crippen LogP contribution in [0.4, 0.5) is 0 Å². The summed E-state index contributed by atoms with van der Waals surface area (Å²) >= 11 is 0. The second-order valence-electron chi connectivity index (χ2n) is 4.44. The van der Waals surface area contributed by atoms with Gasteiger partial charge in [-0.3, -0.25) is 9.78 Å². The molecule has 104 valence electrons. The van der Waals surface area contributed by atoms with Crippen molar-refractivity contribution < 1.29 is 19.4 Å². The molecule has 0 aliphatic heterocycles. The van der Waals surface area contributed by atoms with Gasteiger partial charge in [0.15, 0.2) is 5.54 Å². The van der Waals surface area contributed by atoms with Crippen molar-refractivity contribution in [2.45, 2.75) is 25.3 Å². The third-order valence-corrected chi connectivity index (χ3v) is 2.65. The molecular weight excluding hydrogens is 248 g/mol. The predicted molar refractivity (Wildman–Crippen MR) is 68.6 cm³/mol. The molecule has 0 aromatic carbocycles. The number of rotatable bonds is 7. The van der Waals surface area contributed by atoms with Crippen LogP contribution in [0.25, 0.3) is 0 Å². The molecule has 6 nitrogen and oxygen atoms in total. The molecular formula is C13H18N2O4. The molecule has 0 bridgehead atoms. The highest BCUT2D eigenvalue weighted by atomic mass is 16.5. The highest BCUT2D eigenvalue weighted by Crippen LogP contribution is 2.06. The van der Waals surface area contributed by atoms with Crippen LogP contribution in [0.15, 0.2) is 24.4 Å². The highest BCUT2D eigenvalue weighted by Gasteiger charge is 2.34. The average molecular weight is 266 g/mol. The fraction of sp³-hybridized carbons (Fsp3) is 0.462. The van der Waals surface area contributed by atoms with E-state index in [1.807, 2.05) is 12.1 Å². The van der Waals surface area contributed by atoms with E-state index in [0.29, 0.717) is 6.42 Å². The van der Waals surface area contributed by atoms with Crippen molar-refractivity contribution in [2.75, 3.05) is 13.7 Å². The van der Waals surface area contributed by atoms with Gasteiger partial charge in [0.2, 0.25) is 5.91 Å². The Balaban J connectivity index is 2.52. The van der Waals surface area contributed by atoms with E-state index in [1.165, 1.54) is 14.0 Å². The number of pyridine rings is 1. The third kappa shape index (κ3) is 4.67. The number of carboxylic acid groups (broad SMARTS) is 1. The lowest BCUT2D eigenvalue weighted by atomic mass is 10.0. The minimum Gasteiger partial charge on any atom is -0.479 e. The summed E-state index contributed by atoms with van der Waals surface area (Å²) in [5.74, 6) is -1.46. The molecule has 0 aliphatic rings. The molecule has 1 aromatic heterocycles. The smallest absolute Gasteiger partial charge is 0.331 e. The fourth-order valence-corrected chi connectivity index (χ4v) is 1.60. The zero-order chi connectivity index (χ0) is 14.3. The van der Waals surface area contributed by atoms with Gasteiger partial charge in [-0.05, 0) is 25.5 Å². The summed E-state index contributed by atoms with van der Waals surface area (Å²) < 4.78 is 4.82. The zero-order valence-corrected chi connectivity index (χ0v) is 11.0. The normalized spacial score (nSPS) is 13.6. The van der Waals surface area contributed by atoms with Crippen LogP contribution in [0.1, 0.15) is 19.0 Å². The monoisotopic (exact) mass is 266 g/mol. The minimum atomic E-state index is -1.41. The molecule has 0 fully saturated rings. The van der Waals surface area contributed by atoms with Crippen molar-refractivity contribution in [1.29, 1.82) is 0 Å². The number of hydrogen-bond acceptors (Lipinski definition) is 4. The first-order valence-corrected chi connectivity index (χ1v) is 5.91. The summed E-state index contributed by atoms with van der Waals surface area (Å²) in [5.41, 5.74) is -0.614. The molecule has 1 aromatic rings. The second kappa shape index (κ2) is 6.84. The molecule has 19 heavy (non-hydrogen) atoms. The number of carboxylic acids is 1. The molecule has 0 aliphatic carbocycles. The van der Waals surface area contributed by atoms with E-state index in [4.69, 9.17) is 9.84 Å². The van der Waals surface area contributed by atoms with E-state index in [9.17, 15) is 9.59 Å². The van der Waals surface area contributed by atoms with Gasteiger partial charge in [-0.2, -0.15) is 0 Å². The Bertz CT molecular complexity index is 436. The topological polar surface area (TPSA) is 88.5 Å². The number of aromatic nitrogens is 1. The lowest BCUT2D eigenvalue weighted by molar-refractivity contribution is -0.149. The van der Waals surface area contributed by atoms with Gasteiger partial charge in [-0.1, -0.05) is 6.07 Å². The quantitative estimate of drug-likeness (QED) is 0.755. The maximum absolute atomic E-state index is 11.8. The maximum Gasteiger partial charge on any atom is 0.331 e. The van der Waals surface area contributed by atoms with Gasteiger partial charge in [0, 0.05) is 25.4 Å². The van der Waals surface area contributed by atoms with E-state index in [1.54, 1.807) is 12.3 Å². The number of hydrogen-bond donors (Lipinski definition) is 2. The van der Waals surface area contributed by atoms with Crippen molar-refractivity contribution in [3.63, 3.8) is 0 Å². The van der Waals surface area contributed by atoms with Crippen molar-refractivity contribution in [2.24, 2.45) is 0 Å². The summed E-state index contributed by atoms with van der Waals surface area (Å²) in [6.45, 7) is 1.33.